The highest BCUT2D eigenvalue weighted by atomic mass is 19.1. The van der Waals surface area contributed by atoms with Crippen molar-refractivity contribution in [2.75, 3.05) is 10.2 Å². The SMILES string of the molecule is Cc1cc2c3c(c1)N(c1ccc(-c4ccccc4F)cc1)c1c(oc4cc5c(cc14)C(C)(C)CC[C@@H]5C)B3c1cc3c(cc1N2)C(C)(C)CCC3(C)C. The van der Waals surface area contributed by atoms with E-state index in [1.165, 1.54) is 69.0 Å². The van der Waals surface area contributed by atoms with Gasteiger partial charge in [-0.05, 0) is 148 Å². The highest BCUT2D eigenvalue weighted by Gasteiger charge is 2.47. The fourth-order valence-corrected chi connectivity index (χ4v) is 10.2. The Kier molecular flexibility index (Phi) is 6.76. The maximum atomic E-state index is 15.0. The number of hydrogen-bond donors (Lipinski definition) is 1. The summed E-state index contributed by atoms with van der Waals surface area (Å²) in [5, 5.41) is 5.12. The molecule has 5 aromatic carbocycles. The van der Waals surface area contributed by atoms with Crippen LogP contribution in [0.25, 0.3) is 22.1 Å². The van der Waals surface area contributed by atoms with Crippen LogP contribution in [-0.4, -0.2) is 6.71 Å². The fraction of sp³-hybridized carbons (Fsp3) is 0.333. The van der Waals surface area contributed by atoms with Gasteiger partial charge in [0.1, 0.15) is 11.4 Å². The average Bonchev–Trinajstić information content (AvgIpc) is 3.49. The van der Waals surface area contributed by atoms with Crippen LogP contribution in [0.1, 0.15) is 108 Å². The second-order valence-electron chi connectivity index (χ2n) is 18.5. The molecule has 2 aliphatic heterocycles. The summed E-state index contributed by atoms with van der Waals surface area (Å²) >= 11 is 0. The number of hydrogen-bond acceptors (Lipinski definition) is 3. The maximum Gasteiger partial charge on any atom is 0.297 e. The van der Waals surface area contributed by atoms with Gasteiger partial charge in [0, 0.05) is 33.7 Å². The summed E-state index contributed by atoms with van der Waals surface area (Å²) in [4.78, 5) is 2.43. The van der Waals surface area contributed by atoms with Crippen LogP contribution in [-0.2, 0) is 16.2 Å². The van der Waals surface area contributed by atoms with Crippen LogP contribution in [0.15, 0.2) is 89.3 Å². The van der Waals surface area contributed by atoms with Crippen molar-refractivity contribution >= 4 is 62.7 Å². The number of nitrogens with zero attached hydrogens (tertiary/aromatic N) is 1. The molecule has 1 atom stereocenters. The smallest absolute Gasteiger partial charge is 0.297 e. The lowest BCUT2D eigenvalue weighted by Crippen LogP contribution is -2.60. The van der Waals surface area contributed by atoms with Crippen molar-refractivity contribution in [3.8, 4) is 11.1 Å². The van der Waals surface area contributed by atoms with E-state index >= 15 is 0 Å². The first-order chi connectivity index (χ1) is 25.2. The highest BCUT2D eigenvalue weighted by molar-refractivity contribution is 6.99. The lowest BCUT2D eigenvalue weighted by Gasteiger charge is -2.44. The molecule has 0 amide bonds. The van der Waals surface area contributed by atoms with E-state index < -0.39 is 0 Å². The Morgan fingerprint density at radius 3 is 2.21 bits per heavy atom. The monoisotopic (exact) mass is 698 g/mol. The van der Waals surface area contributed by atoms with Crippen molar-refractivity contribution in [3.05, 3.63) is 119 Å². The maximum absolute atomic E-state index is 15.0. The number of anilines is 5. The minimum Gasteiger partial charge on any atom is -0.468 e. The molecule has 53 heavy (non-hydrogen) atoms. The first kappa shape index (κ1) is 32.9. The van der Waals surface area contributed by atoms with E-state index in [1.54, 1.807) is 6.07 Å². The Labute approximate surface area is 313 Å². The van der Waals surface area contributed by atoms with E-state index in [0.717, 1.165) is 52.1 Å². The molecular weight excluding hydrogens is 650 g/mol. The van der Waals surface area contributed by atoms with Crippen molar-refractivity contribution in [3.63, 3.8) is 0 Å². The normalized spacial score (nSPS) is 19.8. The Bertz CT molecular complexity index is 2520. The van der Waals surface area contributed by atoms with Gasteiger partial charge in [-0.1, -0.05) is 84.9 Å². The minimum atomic E-state index is -0.211. The van der Waals surface area contributed by atoms with Gasteiger partial charge in [-0.15, -0.1) is 0 Å². The first-order valence-corrected chi connectivity index (χ1v) is 19.6. The van der Waals surface area contributed by atoms with E-state index in [2.05, 4.69) is 126 Å². The topological polar surface area (TPSA) is 28.4 Å². The van der Waals surface area contributed by atoms with Gasteiger partial charge in [-0.2, -0.15) is 0 Å². The number of furan rings is 1. The van der Waals surface area contributed by atoms with Gasteiger partial charge in [0.2, 0.25) is 0 Å². The van der Waals surface area contributed by atoms with Gasteiger partial charge < -0.3 is 14.6 Å². The van der Waals surface area contributed by atoms with Crippen LogP contribution in [0, 0.1) is 12.7 Å². The molecule has 0 unspecified atom stereocenters. The third-order valence-corrected chi connectivity index (χ3v) is 13.6. The number of benzene rings is 5. The zero-order valence-corrected chi connectivity index (χ0v) is 32.3. The van der Waals surface area contributed by atoms with Gasteiger partial charge >= 0.3 is 0 Å². The lowest BCUT2D eigenvalue weighted by atomic mass is 9.35. The molecular formula is C48H48BFN2O. The van der Waals surface area contributed by atoms with Crippen molar-refractivity contribution in [1.82, 2.24) is 0 Å². The second-order valence-corrected chi connectivity index (χ2v) is 18.5. The zero-order chi connectivity index (χ0) is 36.8. The quantitative estimate of drug-likeness (QED) is 0.182. The van der Waals surface area contributed by atoms with Crippen LogP contribution < -0.4 is 26.8 Å². The molecule has 3 heterocycles. The summed E-state index contributed by atoms with van der Waals surface area (Å²) in [6.45, 7) is 18.9. The molecule has 6 aromatic rings. The van der Waals surface area contributed by atoms with Gasteiger partial charge in [-0.25, -0.2) is 4.39 Å². The third kappa shape index (κ3) is 4.71. The van der Waals surface area contributed by atoms with Crippen molar-refractivity contribution < 1.29 is 8.81 Å². The second kappa shape index (κ2) is 10.9. The molecule has 10 rings (SSSR count). The number of nitrogens with one attached hydrogen (secondary N) is 1. The average molecular weight is 699 g/mol. The van der Waals surface area contributed by atoms with Crippen LogP contribution >= 0.6 is 0 Å². The molecule has 3 nitrogen and oxygen atoms in total. The van der Waals surface area contributed by atoms with E-state index in [0.29, 0.717) is 11.5 Å². The van der Waals surface area contributed by atoms with E-state index in [-0.39, 0.29) is 28.8 Å². The standard InChI is InChI=1S/C48H48BFN2O/c1-27-21-40-43-41(22-27)52(30-15-13-29(14-16-30)31-11-9-10-12-38(31)50)44-33-23-34-32(28(2)17-18-46(34,3)4)24-42(33)53-45(44)49(43)37-25-35-36(26-39(37)51-40)48(7,8)20-19-47(35,5)6/h9-16,21-26,28,51H,17-20H2,1-8H3/t28-/m0/s1. The number of rotatable bonds is 2. The molecule has 0 bridgehead atoms. The Balaban J connectivity index is 1.27. The number of halogens is 1. The zero-order valence-electron chi connectivity index (χ0n) is 32.3. The van der Waals surface area contributed by atoms with Gasteiger partial charge in [0.25, 0.3) is 6.71 Å². The molecule has 5 heteroatoms. The Hall–Kier alpha value is -4.77. The van der Waals surface area contributed by atoms with Crippen LogP contribution in [0.4, 0.5) is 32.8 Å². The summed E-state index contributed by atoms with van der Waals surface area (Å²) in [6.07, 6.45) is 4.68. The first-order valence-electron chi connectivity index (χ1n) is 19.6. The van der Waals surface area contributed by atoms with Crippen molar-refractivity contribution in [1.29, 1.82) is 0 Å². The van der Waals surface area contributed by atoms with Gasteiger partial charge in [0.05, 0.1) is 11.3 Å². The molecule has 2 aliphatic carbocycles. The lowest BCUT2D eigenvalue weighted by molar-refractivity contribution is 0.332. The summed E-state index contributed by atoms with van der Waals surface area (Å²) in [6, 6.07) is 29.9. The molecule has 1 aromatic heterocycles. The summed E-state index contributed by atoms with van der Waals surface area (Å²) in [5.41, 5.74) is 18.8. The fourth-order valence-electron chi connectivity index (χ4n) is 10.2. The van der Waals surface area contributed by atoms with Crippen molar-refractivity contribution in [2.45, 2.75) is 103 Å². The van der Waals surface area contributed by atoms with Crippen LogP contribution in [0.2, 0.25) is 0 Å². The molecule has 266 valence electrons. The van der Waals surface area contributed by atoms with Gasteiger partial charge in [-0.3, -0.25) is 0 Å². The minimum absolute atomic E-state index is 0.0678. The van der Waals surface area contributed by atoms with Crippen LogP contribution in [0.3, 0.4) is 0 Å². The van der Waals surface area contributed by atoms with E-state index in [9.17, 15) is 4.39 Å². The summed E-state index contributed by atoms with van der Waals surface area (Å²) in [7, 11) is 0. The molecule has 0 saturated heterocycles. The molecule has 0 fully saturated rings. The third-order valence-electron chi connectivity index (χ3n) is 13.6. The predicted octanol–water partition coefficient (Wildman–Crippen LogP) is 11.4. The highest BCUT2D eigenvalue weighted by Crippen LogP contribution is 2.51. The number of aryl methyl sites for hydroxylation is 1. The number of fused-ring (bicyclic) bond motifs is 8. The Morgan fingerprint density at radius 2 is 1.47 bits per heavy atom. The summed E-state index contributed by atoms with van der Waals surface area (Å²) in [5.74, 6) is 0.270. The molecule has 0 radical (unpaired) electrons. The molecule has 0 spiro atoms. The van der Waals surface area contributed by atoms with Crippen molar-refractivity contribution in [2.24, 2.45) is 0 Å². The summed E-state index contributed by atoms with van der Waals surface area (Å²) < 4.78 is 22.2. The Morgan fingerprint density at radius 1 is 0.774 bits per heavy atom. The molecule has 4 aliphatic rings. The molecule has 1 N–H and O–H groups in total. The molecule has 0 saturated carbocycles. The van der Waals surface area contributed by atoms with E-state index in [1.807, 2.05) is 12.1 Å². The predicted molar refractivity (Wildman–Crippen MR) is 221 cm³/mol. The van der Waals surface area contributed by atoms with Crippen LogP contribution in [0.5, 0.6) is 0 Å². The largest absolute Gasteiger partial charge is 0.468 e. The van der Waals surface area contributed by atoms with Gasteiger partial charge in [0.15, 0.2) is 0 Å². The van der Waals surface area contributed by atoms with E-state index in [4.69, 9.17) is 4.42 Å².